The zero-order valence-electron chi connectivity index (χ0n) is 10.0. The standard InChI is InChI=1S/C12H24N2O/c1-10-6-7-11(2)14(9-10)12(15)5-3-4-8-13/h10-11H,3-9,13H2,1-2H3. The van der Waals surface area contributed by atoms with E-state index >= 15 is 0 Å². The molecule has 1 fully saturated rings. The van der Waals surface area contributed by atoms with Crippen molar-refractivity contribution in [3.8, 4) is 0 Å². The summed E-state index contributed by atoms with van der Waals surface area (Å²) in [5.41, 5.74) is 5.42. The molecule has 0 saturated carbocycles. The van der Waals surface area contributed by atoms with Gasteiger partial charge in [-0.25, -0.2) is 0 Å². The third-order valence-electron chi connectivity index (χ3n) is 3.28. The third kappa shape index (κ3) is 3.82. The Morgan fingerprint density at radius 3 is 2.73 bits per heavy atom. The molecule has 15 heavy (non-hydrogen) atoms. The summed E-state index contributed by atoms with van der Waals surface area (Å²) in [6.45, 7) is 6.03. The number of nitrogens with zero attached hydrogens (tertiary/aromatic N) is 1. The maximum absolute atomic E-state index is 11.9. The lowest BCUT2D eigenvalue weighted by atomic mass is 9.94. The first kappa shape index (κ1) is 12.5. The normalized spacial score (nSPS) is 26.7. The lowest BCUT2D eigenvalue weighted by Crippen LogP contribution is -2.44. The minimum absolute atomic E-state index is 0.322. The molecule has 3 heteroatoms. The molecule has 3 nitrogen and oxygen atoms in total. The summed E-state index contributed by atoms with van der Waals surface area (Å²) in [7, 11) is 0. The highest BCUT2D eigenvalue weighted by atomic mass is 16.2. The fraction of sp³-hybridized carbons (Fsp3) is 0.917. The largest absolute Gasteiger partial charge is 0.340 e. The Morgan fingerprint density at radius 1 is 1.33 bits per heavy atom. The van der Waals surface area contributed by atoms with E-state index in [1.807, 2.05) is 0 Å². The molecule has 0 spiro atoms. The molecule has 1 rings (SSSR count). The highest BCUT2D eigenvalue weighted by Gasteiger charge is 2.25. The van der Waals surface area contributed by atoms with Crippen LogP contribution in [0.3, 0.4) is 0 Å². The Bertz CT molecular complexity index is 206. The molecule has 1 aliphatic rings. The number of hydrogen-bond donors (Lipinski definition) is 1. The van der Waals surface area contributed by atoms with Crippen LogP contribution in [0.15, 0.2) is 0 Å². The maximum Gasteiger partial charge on any atom is 0.222 e. The Labute approximate surface area is 93.0 Å². The lowest BCUT2D eigenvalue weighted by Gasteiger charge is -2.37. The summed E-state index contributed by atoms with van der Waals surface area (Å²) in [6.07, 6.45) is 4.99. The summed E-state index contributed by atoms with van der Waals surface area (Å²) >= 11 is 0. The average molecular weight is 212 g/mol. The summed E-state index contributed by atoms with van der Waals surface area (Å²) in [5.74, 6) is 0.988. The van der Waals surface area contributed by atoms with Gasteiger partial charge in [-0.15, -0.1) is 0 Å². The van der Waals surface area contributed by atoms with E-state index in [1.54, 1.807) is 0 Å². The van der Waals surface area contributed by atoms with Gasteiger partial charge in [-0.05, 0) is 45.1 Å². The second-order valence-corrected chi connectivity index (χ2v) is 4.82. The Kier molecular flexibility index (Phi) is 5.09. The van der Waals surface area contributed by atoms with Crippen LogP contribution in [0.5, 0.6) is 0 Å². The van der Waals surface area contributed by atoms with Gasteiger partial charge in [0.25, 0.3) is 0 Å². The third-order valence-corrected chi connectivity index (χ3v) is 3.28. The van der Waals surface area contributed by atoms with E-state index in [1.165, 1.54) is 6.42 Å². The molecule has 0 radical (unpaired) electrons. The number of rotatable bonds is 4. The zero-order chi connectivity index (χ0) is 11.3. The topological polar surface area (TPSA) is 46.3 Å². The number of nitrogens with two attached hydrogens (primary N) is 1. The molecule has 2 N–H and O–H groups in total. The molecule has 1 heterocycles. The van der Waals surface area contributed by atoms with Crippen molar-refractivity contribution in [2.24, 2.45) is 11.7 Å². The van der Waals surface area contributed by atoms with E-state index in [0.29, 0.717) is 30.8 Å². The maximum atomic E-state index is 11.9. The first-order chi connectivity index (χ1) is 7.15. The number of piperidine rings is 1. The average Bonchev–Trinajstić information content (AvgIpc) is 2.22. The fourth-order valence-electron chi connectivity index (χ4n) is 2.20. The van der Waals surface area contributed by atoms with Crippen LogP contribution in [-0.4, -0.2) is 29.9 Å². The van der Waals surface area contributed by atoms with Crippen molar-refractivity contribution in [3.63, 3.8) is 0 Å². The van der Waals surface area contributed by atoms with Gasteiger partial charge in [-0.2, -0.15) is 0 Å². The second-order valence-electron chi connectivity index (χ2n) is 4.82. The number of likely N-dealkylation sites (tertiary alicyclic amines) is 1. The molecule has 1 aliphatic heterocycles. The summed E-state index contributed by atoms with van der Waals surface area (Å²) in [4.78, 5) is 14.0. The lowest BCUT2D eigenvalue weighted by molar-refractivity contribution is -0.135. The van der Waals surface area contributed by atoms with Crippen LogP contribution in [0.4, 0.5) is 0 Å². The highest BCUT2D eigenvalue weighted by molar-refractivity contribution is 5.76. The van der Waals surface area contributed by atoms with Crippen molar-refractivity contribution in [3.05, 3.63) is 0 Å². The van der Waals surface area contributed by atoms with E-state index in [0.717, 1.165) is 25.8 Å². The van der Waals surface area contributed by atoms with Gasteiger partial charge in [-0.1, -0.05) is 6.92 Å². The first-order valence-corrected chi connectivity index (χ1v) is 6.14. The number of amides is 1. The van der Waals surface area contributed by atoms with Crippen molar-refractivity contribution < 1.29 is 4.79 Å². The quantitative estimate of drug-likeness (QED) is 0.722. The van der Waals surface area contributed by atoms with Crippen molar-refractivity contribution in [2.45, 2.75) is 52.0 Å². The number of carbonyl (C=O) groups excluding carboxylic acids is 1. The van der Waals surface area contributed by atoms with Crippen molar-refractivity contribution in [1.29, 1.82) is 0 Å². The summed E-state index contributed by atoms with van der Waals surface area (Å²) in [5, 5.41) is 0. The van der Waals surface area contributed by atoms with Crippen LogP contribution in [-0.2, 0) is 4.79 Å². The van der Waals surface area contributed by atoms with E-state index in [-0.39, 0.29) is 0 Å². The molecule has 0 aromatic heterocycles. The molecule has 0 aromatic rings. The zero-order valence-corrected chi connectivity index (χ0v) is 10.0. The number of unbranched alkanes of at least 4 members (excludes halogenated alkanes) is 1. The van der Waals surface area contributed by atoms with Crippen LogP contribution >= 0.6 is 0 Å². The van der Waals surface area contributed by atoms with Gasteiger partial charge in [-0.3, -0.25) is 4.79 Å². The van der Waals surface area contributed by atoms with Gasteiger partial charge in [0.15, 0.2) is 0 Å². The molecule has 88 valence electrons. The van der Waals surface area contributed by atoms with Gasteiger partial charge in [0.05, 0.1) is 0 Å². The monoisotopic (exact) mass is 212 g/mol. The van der Waals surface area contributed by atoms with Gasteiger partial charge in [0.2, 0.25) is 5.91 Å². The Morgan fingerprint density at radius 2 is 2.07 bits per heavy atom. The summed E-state index contributed by atoms with van der Waals surface area (Å²) < 4.78 is 0. The van der Waals surface area contributed by atoms with Crippen LogP contribution in [0.1, 0.15) is 46.0 Å². The molecule has 0 aromatic carbocycles. The van der Waals surface area contributed by atoms with E-state index in [4.69, 9.17) is 5.73 Å². The van der Waals surface area contributed by atoms with Crippen LogP contribution in [0.2, 0.25) is 0 Å². The molecule has 2 atom stereocenters. The SMILES string of the molecule is CC1CCC(C)N(C(=O)CCCCN)C1. The fourth-order valence-corrected chi connectivity index (χ4v) is 2.20. The molecule has 1 amide bonds. The van der Waals surface area contributed by atoms with Gasteiger partial charge >= 0.3 is 0 Å². The van der Waals surface area contributed by atoms with Crippen LogP contribution in [0, 0.1) is 5.92 Å². The van der Waals surface area contributed by atoms with Crippen molar-refractivity contribution in [1.82, 2.24) is 4.90 Å². The minimum atomic E-state index is 0.322. The first-order valence-electron chi connectivity index (χ1n) is 6.14. The predicted octanol–water partition coefficient (Wildman–Crippen LogP) is 1.76. The number of carbonyl (C=O) groups is 1. The van der Waals surface area contributed by atoms with E-state index < -0.39 is 0 Å². The van der Waals surface area contributed by atoms with Gasteiger partial charge in [0, 0.05) is 19.0 Å². The van der Waals surface area contributed by atoms with Gasteiger partial charge in [0.1, 0.15) is 0 Å². The highest BCUT2D eigenvalue weighted by Crippen LogP contribution is 2.22. The van der Waals surface area contributed by atoms with Crippen molar-refractivity contribution >= 4 is 5.91 Å². The minimum Gasteiger partial charge on any atom is -0.340 e. The van der Waals surface area contributed by atoms with Crippen LogP contribution < -0.4 is 5.73 Å². The number of hydrogen-bond acceptors (Lipinski definition) is 2. The second kappa shape index (κ2) is 6.11. The molecule has 2 unspecified atom stereocenters. The molecule has 0 aliphatic carbocycles. The molecular weight excluding hydrogens is 188 g/mol. The van der Waals surface area contributed by atoms with Crippen LogP contribution in [0.25, 0.3) is 0 Å². The van der Waals surface area contributed by atoms with Crippen molar-refractivity contribution in [2.75, 3.05) is 13.1 Å². The predicted molar refractivity (Wildman–Crippen MR) is 62.5 cm³/mol. The van der Waals surface area contributed by atoms with E-state index in [9.17, 15) is 4.79 Å². The Hall–Kier alpha value is -0.570. The summed E-state index contributed by atoms with van der Waals surface area (Å²) in [6, 6.07) is 0.437. The van der Waals surface area contributed by atoms with Gasteiger partial charge < -0.3 is 10.6 Å². The molecular formula is C12H24N2O. The Balaban J connectivity index is 2.35. The van der Waals surface area contributed by atoms with E-state index in [2.05, 4.69) is 18.7 Å². The smallest absolute Gasteiger partial charge is 0.222 e. The molecule has 0 bridgehead atoms. The molecule has 1 saturated heterocycles.